The van der Waals surface area contributed by atoms with Crippen LogP contribution >= 0.6 is 11.3 Å². The first kappa shape index (κ1) is 15.0. The van der Waals surface area contributed by atoms with Crippen LogP contribution in [0.1, 0.15) is 10.4 Å². The molecule has 0 atom stereocenters. The van der Waals surface area contributed by atoms with Crippen molar-refractivity contribution in [2.45, 2.75) is 12.7 Å². The van der Waals surface area contributed by atoms with Crippen LogP contribution in [0.3, 0.4) is 0 Å². The Hall–Kier alpha value is -2.55. The molecule has 1 aliphatic heterocycles. The number of anilines is 1. The van der Waals surface area contributed by atoms with Crippen LogP contribution in [-0.2, 0) is 12.7 Å². The van der Waals surface area contributed by atoms with Gasteiger partial charge in [0.2, 0.25) is 6.79 Å². The second kappa shape index (κ2) is 5.52. The van der Waals surface area contributed by atoms with Gasteiger partial charge in [0.05, 0.1) is 5.39 Å². The zero-order valence-corrected chi connectivity index (χ0v) is 12.9. The van der Waals surface area contributed by atoms with Crippen molar-refractivity contribution >= 4 is 27.4 Å². The van der Waals surface area contributed by atoms with E-state index in [1.54, 1.807) is 6.07 Å². The van der Waals surface area contributed by atoms with Gasteiger partial charge in [-0.05, 0) is 23.8 Å². The number of ether oxygens (including phenoxy) is 2. The number of hydrogen-bond donors (Lipinski definition) is 1. The lowest BCUT2D eigenvalue weighted by atomic mass is 10.2. The fraction of sp³-hybridized carbons (Fsp3) is 0.200. The highest BCUT2D eigenvalue weighted by molar-refractivity contribution is 7.18. The van der Waals surface area contributed by atoms with Crippen molar-refractivity contribution in [2.24, 2.45) is 0 Å². The molecule has 0 saturated carbocycles. The number of thiophene rings is 1. The highest BCUT2D eigenvalue weighted by Gasteiger charge is 2.33. The minimum Gasteiger partial charge on any atom is -0.454 e. The van der Waals surface area contributed by atoms with Crippen LogP contribution in [0.2, 0.25) is 0 Å². The van der Waals surface area contributed by atoms with Gasteiger partial charge in [0.15, 0.2) is 11.5 Å². The molecular formula is C15H10F3N3O2S. The number of aromatic nitrogens is 2. The van der Waals surface area contributed by atoms with Crippen molar-refractivity contribution in [1.29, 1.82) is 0 Å². The molecule has 0 unspecified atom stereocenters. The summed E-state index contributed by atoms with van der Waals surface area (Å²) < 4.78 is 49.1. The Bertz CT molecular complexity index is 911. The molecule has 0 aliphatic carbocycles. The lowest BCUT2D eigenvalue weighted by Gasteiger charge is -2.07. The third-order valence-electron chi connectivity index (χ3n) is 3.51. The summed E-state index contributed by atoms with van der Waals surface area (Å²) in [6.07, 6.45) is -3.14. The lowest BCUT2D eigenvalue weighted by Crippen LogP contribution is -2.02. The van der Waals surface area contributed by atoms with Crippen LogP contribution in [-0.4, -0.2) is 16.8 Å². The molecule has 24 heavy (non-hydrogen) atoms. The summed E-state index contributed by atoms with van der Waals surface area (Å²) in [5, 5.41) is 3.41. The Kier molecular flexibility index (Phi) is 3.45. The van der Waals surface area contributed by atoms with E-state index in [9.17, 15) is 13.2 Å². The summed E-state index contributed by atoms with van der Waals surface area (Å²) >= 11 is 0.604. The normalized spacial score (nSPS) is 13.5. The van der Waals surface area contributed by atoms with E-state index in [4.69, 9.17) is 9.47 Å². The van der Waals surface area contributed by atoms with Crippen molar-refractivity contribution < 1.29 is 22.6 Å². The summed E-state index contributed by atoms with van der Waals surface area (Å²) in [6, 6.07) is 6.54. The molecule has 0 saturated heterocycles. The number of hydrogen-bond acceptors (Lipinski definition) is 6. The van der Waals surface area contributed by atoms with Gasteiger partial charge >= 0.3 is 6.18 Å². The van der Waals surface area contributed by atoms with Gasteiger partial charge in [-0.2, -0.15) is 13.2 Å². The predicted molar refractivity (Wildman–Crippen MR) is 82.3 cm³/mol. The predicted octanol–water partition coefficient (Wildman–Crippen LogP) is 4.05. The molecule has 0 radical (unpaired) electrons. The number of fused-ring (bicyclic) bond motifs is 2. The van der Waals surface area contributed by atoms with E-state index in [-0.39, 0.29) is 6.79 Å². The molecule has 3 heterocycles. The van der Waals surface area contributed by atoms with Crippen molar-refractivity contribution in [3.63, 3.8) is 0 Å². The van der Waals surface area contributed by atoms with Gasteiger partial charge in [0.25, 0.3) is 0 Å². The average molecular weight is 353 g/mol. The fourth-order valence-electron chi connectivity index (χ4n) is 2.37. The number of benzene rings is 1. The first-order chi connectivity index (χ1) is 11.5. The molecule has 0 spiro atoms. The molecule has 0 amide bonds. The molecule has 4 rings (SSSR count). The van der Waals surface area contributed by atoms with Gasteiger partial charge in [-0.1, -0.05) is 6.07 Å². The molecule has 0 bridgehead atoms. The Morgan fingerprint density at radius 2 is 1.96 bits per heavy atom. The van der Waals surface area contributed by atoms with Crippen LogP contribution in [0.25, 0.3) is 10.2 Å². The monoisotopic (exact) mass is 353 g/mol. The van der Waals surface area contributed by atoms with Gasteiger partial charge in [0.1, 0.15) is 21.9 Å². The average Bonchev–Trinajstić information content (AvgIpc) is 3.18. The maximum Gasteiger partial charge on any atom is 0.425 e. The number of halogens is 3. The standard InChI is InChI=1S/C15H10F3N3O2S/c16-15(17,18)12-4-9-13(20-6-21-14(9)24-12)19-5-8-1-2-10-11(3-8)23-7-22-10/h1-4,6H,5,7H2,(H,19,20,21). The highest BCUT2D eigenvalue weighted by atomic mass is 32.1. The molecule has 124 valence electrons. The number of rotatable bonds is 3. The van der Waals surface area contributed by atoms with Gasteiger partial charge < -0.3 is 14.8 Å². The molecule has 1 aliphatic rings. The van der Waals surface area contributed by atoms with E-state index in [0.29, 0.717) is 45.4 Å². The number of nitrogens with zero attached hydrogens (tertiary/aromatic N) is 2. The summed E-state index contributed by atoms with van der Waals surface area (Å²) in [7, 11) is 0. The summed E-state index contributed by atoms with van der Waals surface area (Å²) in [5.41, 5.74) is 0.900. The van der Waals surface area contributed by atoms with Crippen LogP contribution in [0, 0.1) is 0 Å². The molecule has 9 heteroatoms. The third-order valence-corrected chi connectivity index (χ3v) is 4.59. The zero-order chi connectivity index (χ0) is 16.7. The van der Waals surface area contributed by atoms with Crippen molar-refractivity contribution in [1.82, 2.24) is 9.97 Å². The van der Waals surface area contributed by atoms with Crippen LogP contribution < -0.4 is 14.8 Å². The van der Waals surface area contributed by atoms with Gasteiger partial charge in [-0.3, -0.25) is 0 Å². The summed E-state index contributed by atoms with van der Waals surface area (Å²) in [6.45, 7) is 0.577. The second-order valence-corrected chi connectivity index (χ2v) is 6.12. The smallest absolute Gasteiger partial charge is 0.425 e. The molecule has 1 N–H and O–H groups in total. The third kappa shape index (κ3) is 2.71. The van der Waals surface area contributed by atoms with Crippen LogP contribution in [0.5, 0.6) is 11.5 Å². The minimum atomic E-state index is -4.39. The Labute approximate surface area is 138 Å². The van der Waals surface area contributed by atoms with Crippen LogP contribution in [0.15, 0.2) is 30.6 Å². The van der Waals surface area contributed by atoms with Gasteiger partial charge in [0, 0.05) is 6.54 Å². The van der Waals surface area contributed by atoms with Crippen LogP contribution in [0.4, 0.5) is 19.0 Å². The van der Waals surface area contributed by atoms with E-state index in [1.807, 2.05) is 12.1 Å². The molecule has 1 aromatic carbocycles. The van der Waals surface area contributed by atoms with E-state index in [2.05, 4.69) is 15.3 Å². The first-order valence-corrected chi connectivity index (χ1v) is 7.76. The van der Waals surface area contributed by atoms with E-state index in [1.165, 1.54) is 6.33 Å². The van der Waals surface area contributed by atoms with E-state index in [0.717, 1.165) is 11.6 Å². The number of alkyl halides is 3. The minimum absolute atomic E-state index is 0.188. The summed E-state index contributed by atoms with van der Waals surface area (Å²) in [5.74, 6) is 1.69. The maximum absolute atomic E-state index is 12.9. The number of nitrogens with one attached hydrogen (secondary N) is 1. The van der Waals surface area contributed by atoms with Crippen molar-refractivity contribution in [2.75, 3.05) is 12.1 Å². The quantitative estimate of drug-likeness (QED) is 0.770. The van der Waals surface area contributed by atoms with Gasteiger partial charge in [-0.15, -0.1) is 11.3 Å². The largest absolute Gasteiger partial charge is 0.454 e. The van der Waals surface area contributed by atoms with E-state index < -0.39 is 11.1 Å². The Morgan fingerprint density at radius 1 is 1.12 bits per heavy atom. The zero-order valence-electron chi connectivity index (χ0n) is 12.1. The maximum atomic E-state index is 12.9. The topological polar surface area (TPSA) is 56.3 Å². The molecule has 5 nitrogen and oxygen atoms in total. The highest BCUT2D eigenvalue weighted by Crippen LogP contribution is 2.39. The molecule has 3 aromatic rings. The fourth-order valence-corrected chi connectivity index (χ4v) is 3.24. The molecular weight excluding hydrogens is 343 g/mol. The van der Waals surface area contributed by atoms with Crippen molar-refractivity contribution in [3.8, 4) is 11.5 Å². The second-order valence-electron chi connectivity index (χ2n) is 5.09. The van der Waals surface area contributed by atoms with Gasteiger partial charge in [-0.25, -0.2) is 9.97 Å². The lowest BCUT2D eigenvalue weighted by molar-refractivity contribution is -0.134. The Morgan fingerprint density at radius 3 is 2.79 bits per heavy atom. The van der Waals surface area contributed by atoms with Crippen molar-refractivity contribution in [3.05, 3.63) is 41.0 Å². The Balaban J connectivity index is 1.59. The molecule has 2 aromatic heterocycles. The molecule has 0 fully saturated rings. The van der Waals surface area contributed by atoms with E-state index >= 15 is 0 Å². The first-order valence-electron chi connectivity index (χ1n) is 6.95. The SMILES string of the molecule is FC(F)(F)c1cc2c(NCc3ccc4c(c3)OCO4)ncnc2s1. The summed E-state index contributed by atoms with van der Waals surface area (Å²) in [4.78, 5) is 7.57.